The van der Waals surface area contributed by atoms with Crippen LogP contribution in [-0.2, 0) is 33.5 Å². The highest BCUT2D eigenvalue weighted by molar-refractivity contribution is 5.66. The molecular weight excluding hydrogens is 481 g/mol. The number of alkyl halides is 3. The van der Waals surface area contributed by atoms with Gasteiger partial charge in [-0.15, -0.1) is 0 Å². The molecule has 2 aliphatic rings. The van der Waals surface area contributed by atoms with Gasteiger partial charge >= 0.3 is 12.1 Å². The van der Waals surface area contributed by atoms with E-state index in [1.54, 1.807) is 0 Å². The second-order valence-corrected chi connectivity index (χ2v) is 10.4. The number of hydrogen-bond donors (Lipinski definition) is 1. The van der Waals surface area contributed by atoms with Crippen molar-refractivity contribution in [1.29, 1.82) is 0 Å². The molecule has 7 heteroatoms. The first kappa shape index (κ1) is 27.4. The van der Waals surface area contributed by atoms with E-state index >= 15 is 0 Å². The third kappa shape index (κ3) is 7.23. The first-order valence-electron chi connectivity index (χ1n) is 13.0. The maximum absolute atomic E-state index is 12.8. The Kier molecular flexibility index (Phi) is 9.08. The molecule has 1 saturated carbocycles. The van der Waals surface area contributed by atoms with Crippen LogP contribution in [0.3, 0.4) is 0 Å². The Morgan fingerprint density at radius 3 is 2.54 bits per heavy atom. The van der Waals surface area contributed by atoms with E-state index in [1.807, 2.05) is 6.07 Å². The van der Waals surface area contributed by atoms with Crippen molar-refractivity contribution in [2.75, 3.05) is 13.2 Å². The molecule has 0 amide bonds. The Balaban J connectivity index is 1.38. The first-order valence-corrected chi connectivity index (χ1v) is 13.0. The Hall–Kier alpha value is -2.64. The number of fused-ring (bicyclic) bond motifs is 2. The van der Waals surface area contributed by atoms with E-state index in [9.17, 15) is 18.0 Å². The summed E-state index contributed by atoms with van der Waals surface area (Å²) in [6, 6.07) is 15.6. The molecule has 2 fully saturated rings. The van der Waals surface area contributed by atoms with E-state index in [4.69, 9.17) is 14.6 Å². The Bertz CT molecular complexity index is 1040. The molecule has 0 unspecified atom stereocenters. The van der Waals surface area contributed by atoms with E-state index in [0.717, 1.165) is 50.8 Å². The fourth-order valence-electron chi connectivity index (χ4n) is 5.92. The zero-order chi connectivity index (χ0) is 26.3. The van der Waals surface area contributed by atoms with Crippen molar-refractivity contribution in [1.82, 2.24) is 0 Å². The van der Waals surface area contributed by atoms with Crippen molar-refractivity contribution in [3.05, 3.63) is 83.4 Å². The van der Waals surface area contributed by atoms with Crippen molar-refractivity contribution >= 4 is 5.97 Å². The van der Waals surface area contributed by atoms with Gasteiger partial charge in [-0.05, 0) is 67.7 Å². The Morgan fingerprint density at radius 1 is 1.08 bits per heavy atom. The average molecular weight is 517 g/mol. The molecule has 200 valence electrons. The number of benzene rings is 2. The lowest BCUT2D eigenvalue weighted by Gasteiger charge is -2.39. The quantitative estimate of drug-likeness (QED) is 0.228. The lowest BCUT2D eigenvalue weighted by atomic mass is 9.70. The van der Waals surface area contributed by atoms with Crippen molar-refractivity contribution in [2.45, 2.75) is 63.8 Å². The number of aryl methyl sites for hydroxylation is 1. The van der Waals surface area contributed by atoms with Crippen LogP contribution >= 0.6 is 0 Å². The molecule has 4 nitrogen and oxygen atoms in total. The van der Waals surface area contributed by atoms with Crippen molar-refractivity contribution in [3.8, 4) is 0 Å². The van der Waals surface area contributed by atoms with Crippen LogP contribution in [0.4, 0.5) is 13.2 Å². The molecule has 4 atom stereocenters. The predicted octanol–water partition coefficient (Wildman–Crippen LogP) is 7.08. The smallest absolute Gasteiger partial charge is 0.416 e. The van der Waals surface area contributed by atoms with Gasteiger partial charge in [-0.3, -0.25) is 4.79 Å². The van der Waals surface area contributed by atoms with Crippen LogP contribution in [0.5, 0.6) is 0 Å². The lowest BCUT2D eigenvalue weighted by molar-refractivity contribution is -0.138. The van der Waals surface area contributed by atoms with Crippen LogP contribution in [0.1, 0.15) is 55.2 Å². The number of halogens is 3. The highest BCUT2D eigenvalue weighted by atomic mass is 19.4. The van der Waals surface area contributed by atoms with Crippen LogP contribution < -0.4 is 0 Å². The largest absolute Gasteiger partial charge is 0.481 e. The minimum Gasteiger partial charge on any atom is -0.481 e. The number of carbonyl (C=O) groups is 1. The zero-order valence-electron chi connectivity index (χ0n) is 21.0. The third-order valence-electron chi connectivity index (χ3n) is 7.91. The van der Waals surface area contributed by atoms with Gasteiger partial charge in [0.1, 0.15) is 0 Å². The average Bonchev–Trinajstić information content (AvgIpc) is 3.42. The van der Waals surface area contributed by atoms with Gasteiger partial charge in [-0.1, -0.05) is 54.6 Å². The van der Waals surface area contributed by atoms with Gasteiger partial charge in [-0.25, -0.2) is 0 Å². The molecule has 4 rings (SSSR count). The van der Waals surface area contributed by atoms with Crippen LogP contribution in [0.2, 0.25) is 0 Å². The summed E-state index contributed by atoms with van der Waals surface area (Å²) in [6.07, 6.45) is 5.46. The molecule has 1 saturated heterocycles. The van der Waals surface area contributed by atoms with Gasteiger partial charge in [0.25, 0.3) is 0 Å². The lowest BCUT2D eigenvalue weighted by Crippen LogP contribution is -2.38. The van der Waals surface area contributed by atoms with Gasteiger partial charge in [-0.2, -0.15) is 13.2 Å². The normalized spacial score (nSPS) is 25.2. The number of unbranched alkanes of at least 4 members (excludes halogenated alkanes) is 1. The summed E-state index contributed by atoms with van der Waals surface area (Å²) in [6.45, 7) is 1.49. The number of aliphatic carboxylic acids is 1. The molecule has 2 aromatic rings. The van der Waals surface area contributed by atoms with Crippen LogP contribution in [0, 0.1) is 17.3 Å². The van der Waals surface area contributed by atoms with Gasteiger partial charge in [0.05, 0.1) is 31.5 Å². The molecule has 1 N–H and O–H groups in total. The summed E-state index contributed by atoms with van der Waals surface area (Å²) >= 11 is 0. The standard InChI is InChI=1S/C30H35F3O4/c31-30(32,33)24-14-12-23(13-15-24)19-36-20-25-26(10-6-1-2-7-11-28(34)35)29(18-27(25)37-21-29)17-16-22-8-4-3-5-9-22/h1,3-6,8-9,12-15,25-27H,2,7,10-11,16-21H2,(H,34,35)/t25-,26-,27-,29-/m1/s1. The van der Waals surface area contributed by atoms with Crippen molar-refractivity contribution < 1.29 is 32.5 Å². The second-order valence-electron chi connectivity index (χ2n) is 10.4. The molecule has 1 aliphatic heterocycles. The summed E-state index contributed by atoms with van der Waals surface area (Å²) in [4.78, 5) is 10.8. The fraction of sp³-hybridized carbons (Fsp3) is 0.500. The number of allylic oxidation sites excluding steroid dienone is 2. The molecular formula is C30H35F3O4. The summed E-state index contributed by atoms with van der Waals surface area (Å²) in [5.41, 5.74) is 1.43. The van der Waals surface area contributed by atoms with Crippen LogP contribution in [0.25, 0.3) is 0 Å². The molecule has 1 aliphatic carbocycles. The van der Waals surface area contributed by atoms with E-state index < -0.39 is 17.7 Å². The molecule has 0 spiro atoms. The minimum absolute atomic E-state index is 0.0638. The molecule has 0 aromatic heterocycles. The fourth-order valence-corrected chi connectivity index (χ4v) is 5.92. The van der Waals surface area contributed by atoms with E-state index in [1.165, 1.54) is 17.7 Å². The number of rotatable bonds is 13. The van der Waals surface area contributed by atoms with E-state index in [0.29, 0.717) is 24.5 Å². The highest BCUT2D eigenvalue weighted by Gasteiger charge is 2.57. The summed E-state index contributed by atoms with van der Waals surface area (Å²) in [7, 11) is 0. The Morgan fingerprint density at radius 2 is 1.84 bits per heavy atom. The monoisotopic (exact) mass is 516 g/mol. The predicted molar refractivity (Wildman–Crippen MR) is 135 cm³/mol. The minimum atomic E-state index is -4.34. The zero-order valence-corrected chi connectivity index (χ0v) is 21.0. The molecule has 1 heterocycles. The summed E-state index contributed by atoms with van der Waals surface area (Å²) in [5.74, 6) is -0.190. The highest BCUT2D eigenvalue weighted by Crippen LogP contribution is 2.57. The third-order valence-corrected chi connectivity index (χ3v) is 7.91. The van der Waals surface area contributed by atoms with Gasteiger partial charge in [0, 0.05) is 17.8 Å². The first-order chi connectivity index (χ1) is 17.8. The number of carboxylic acid groups (broad SMARTS) is 1. The van der Waals surface area contributed by atoms with Crippen LogP contribution in [-0.4, -0.2) is 30.4 Å². The van der Waals surface area contributed by atoms with Crippen molar-refractivity contribution in [2.24, 2.45) is 17.3 Å². The summed E-state index contributed by atoms with van der Waals surface area (Å²) in [5, 5.41) is 8.85. The van der Waals surface area contributed by atoms with Gasteiger partial charge in [0.2, 0.25) is 0 Å². The number of ether oxygens (including phenoxy) is 2. The van der Waals surface area contributed by atoms with E-state index in [2.05, 4.69) is 36.4 Å². The maximum Gasteiger partial charge on any atom is 0.416 e. The molecule has 2 bridgehead atoms. The maximum atomic E-state index is 12.8. The van der Waals surface area contributed by atoms with Gasteiger partial charge < -0.3 is 14.6 Å². The summed E-state index contributed by atoms with van der Waals surface area (Å²) < 4.78 is 50.8. The van der Waals surface area contributed by atoms with Crippen molar-refractivity contribution in [3.63, 3.8) is 0 Å². The van der Waals surface area contributed by atoms with E-state index in [-0.39, 0.29) is 30.5 Å². The molecule has 0 radical (unpaired) electrons. The van der Waals surface area contributed by atoms with Gasteiger partial charge in [0.15, 0.2) is 0 Å². The molecule has 2 aromatic carbocycles. The van der Waals surface area contributed by atoms with Crippen LogP contribution in [0.15, 0.2) is 66.7 Å². The Labute approximate surface area is 216 Å². The SMILES string of the molecule is O=C(O)CCCC=CC[C@@H]1[C@@H](COCc2ccc(C(F)(F)F)cc2)[C@H]2C[C@]1(CCc1ccccc1)CO2. The number of hydrogen-bond acceptors (Lipinski definition) is 3. The topological polar surface area (TPSA) is 55.8 Å². The second kappa shape index (κ2) is 12.3. The number of carboxylic acids is 1. The molecule has 37 heavy (non-hydrogen) atoms.